The number of hydrogen-bond acceptors (Lipinski definition) is 4. The first-order chi connectivity index (χ1) is 12.3. The fourth-order valence-electron chi connectivity index (χ4n) is 2.85. The van der Waals surface area contributed by atoms with Crippen molar-refractivity contribution in [3.05, 3.63) is 38.3 Å². The van der Waals surface area contributed by atoms with Crippen molar-refractivity contribution in [3.63, 3.8) is 0 Å². The molecule has 26 heavy (non-hydrogen) atoms. The largest absolute Gasteiger partial charge is 0.495 e. The number of aryl methyl sites for hydroxylation is 1. The van der Waals surface area contributed by atoms with E-state index in [1.54, 1.807) is 12.0 Å². The predicted octanol–water partition coefficient (Wildman–Crippen LogP) is 2.94. The summed E-state index contributed by atoms with van der Waals surface area (Å²) in [5.74, 6) is 0.671. The Kier molecular flexibility index (Phi) is 7.75. The van der Waals surface area contributed by atoms with Crippen molar-refractivity contribution in [1.82, 2.24) is 9.62 Å². The molecule has 0 unspecified atom stereocenters. The van der Waals surface area contributed by atoms with Crippen molar-refractivity contribution < 1.29 is 17.9 Å². The van der Waals surface area contributed by atoms with Gasteiger partial charge in [-0.25, -0.2) is 13.1 Å². The lowest BCUT2D eigenvalue weighted by Gasteiger charge is -2.32. The minimum atomic E-state index is -3.43. The molecule has 0 aliphatic carbocycles. The van der Waals surface area contributed by atoms with Gasteiger partial charge in [-0.2, -0.15) is 0 Å². The van der Waals surface area contributed by atoms with Gasteiger partial charge in [0.25, 0.3) is 0 Å². The van der Waals surface area contributed by atoms with Crippen LogP contribution in [0.25, 0.3) is 0 Å². The Labute approximate surface area is 173 Å². The number of nitrogens with one attached hydrogen (secondary N) is 1. The minimum absolute atomic E-state index is 0.0692. The molecular weight excluding hydrogens is 491 g/mol. The quantitative estimate of drug-likeness (QED) is 0.570. The number of halogens is 2. The Morgan fingerprint density at radius 2 is 2.12 bits per heavy atom. The van der Waals surface area contributed by atoms with Crippen LogP contribution in [0.5, 0.6) is 5.75 Å². The van der Waals surface area contributed by atoms with Crippen LogP contribution in [0.1, 0.15) is 24.8 Å². The third-order valence-corrected chi connectivity index (χ3v) is 6.73. The Balaban J connectivity index is 1.87. The van der Waals surface area contributed by atoms with Gasteiger partial charge in [0.15, 0.2) is 0 Å². The fraction of sp³-hybridized carbons (Fsp3) is 0.471. The average molecular weight is 513 g/mol. The van der Waals surface area contributed by atoms with Crippen LogP contribution in [0, 0.1) is 3.57 Å². The van der Waals surface area contributed by atoms with Gasteiger partial charge in [-0.05, 0) is 59.5 Å². The molecule has 1 aromatic carbocycles. The van der Waals surface area contributed by atoms with Gasteiger partial charge in [0, 0.05) is 34.5 Å². The highest BCUT2D eigenvalue weighted by molar-refractivity contribution is 14.1. The molecule has 1 amide bonds. The number of carbonyl (C=O) groups excluding carboxylic acids is 1. The molecule has 1 aliphatic heterocycles. The zero-order valence-corrected chi connectivity index (χ0v) is 18.2. The molecule has 0 aromatic heterocycles. The highest BCUT2D eigenvalue weighted by atomic mass is 127. The second kappa shape index (κ2) is 9.38. The number of likely N-dealkylation sites (tertiary alicyclic amines) is 1. The van der Waals surface area contributed by atoms with Crippen molar-refractivity contribution in [1.29, 1.82) is 0 Å². The van der Waals surface area contributed by atoms with E-state index in [1.807, 2.05) is 12.1 Å². The Morgan fingerprint density at radius 1 is 1.46 bits per heavy atom. The molecule has 0 bridgehead atoms. The number of nitrogens with zero attached hydrogens (tertiary/aromatic N) is 1. The van der Waals surface area contributed by atoms with E-state index in [-0.39, 0.29) is 11.9 Å². The summed E-state index contributed by atoms with van der Waals surface area (Å²) in [4.78, 5) is 14.3. The van der Waals surface area contributed by atoms with Crippen LogP contribution in [-0.2, 0) is 21.2 Å². The summed E-state index contributed by atoms with van der Waals surface area (Å²) in [5.41, 5.74) is 1.02. The first-order valence-electron chi connectivity index (χ1n) is 8.20. The van der Waals surface area contributed by atoms with E-state index in [0.29, 0.717) is 49.5 Å². The summed E-state index contributed by atoms with van der Waals surface area (Å²) in [5, 5.41) is 1.46. The Bertz CT molecular complexity index is 777. The van der Waals surface area contributed by atoms with Crippen molar-refractivity contribution in [2.75, 3.05) is 20.2 Å². The van der Waals surface area contributed by atoms with Crippen molar-refractivity contribution >= 4 is 50.1 Å². The molecule has 0 atom stereocenters. The molecule has 1 aromatic rings. The van der Waals surface area contributed by atoms with Crippen LogP contribution in [0.2, 0.25) is 5.02 Å². The van der Waals surface area contributed by atoms with E-state index < -0.39 is 10.0 Å². The van der Waals surface area contributed by atoms with Crippen molar-refractivity contribution in [2.24, 2.45) is 0 Å². The average Bonchev–Trinajstić information content (AvgIpc) is 2.61. The molecule has 0 spiro atoms. The predicted molar refractivity (Wildman–Crippen MR) is 111 cm³/mol. The standard InChI is InChI=1S/C17H22ClIN2O4S/c1-3-26(23,24)20-13-6-8-21(9-7-13)17(22)5-4-12-10-16(25-2)14(18)11-15(12)19/h3,10-11,13,20H,1,4-9H2,2H3. The van der Waals surface area contributed by atoms with Crippen LogP contribution < -0.4 is 9.46 Å². The number of rotatable bonds is 7. The van der Waals surface area contributed by atoms with Gasteiger partial charge in [0.05, 0.1) is 12.1 Å². The summed E-state index contributed by atoms with van der Waals surface area (Å²) in [6, 6.07) is 3.55. The lowest BCUT2D eigenvalue weighted by atomic mass is 10.0. The number of carbonyl (C=O) groups is 1. The van der Waals surface area contributed by atoms with Crippen LogP contribution in [0.4, 0.5) is 0 Å². The number of methoxy groups -OCH3 is 1. The maximum Gasteiger partial charge on any atom is 0.233 e. The van der Waals surface area contributed by atoms with Crippen LogP contribution >= 0.6 is 34.2 Å². The monoisotopic (exact) mass is 512 g/mol. The molecule has 2 rings (SSSR count). The third kappa shape index (κ3) is 5.83. The van der Waals surface area contributed by atoms with E-state index >= 15 is 0 Å². The van der Waals surface area contributed by atoms with E-state index in [4.69, 9.17) is 16.3 Å². The first kappa shape index (κ1) is 21.5. The lowest BCUT2D eigenvalue weighted by Crippen LogP contribution is -2.46. The second-order valence-electron chi connectivity index (χ2n) is 6.06. The Hall–Kier alpha value is -0.840. The van der Waals surface area contributed by atoms with Crippen LogP contribution in [0.3, 0.4) is 0 Å². The molecule has 0 radical (unpaired) electrons. The van der Waals surface area contributed by atoms with Crippen molar-refractivity contribution in [3.8, 4) is 5.75 Å². The number of piperidine rings is 1. The number of sulfonamides is 1. The van der Waals surface area contributed by atoms with Gasteiger partial charge in [-0.3, -0.25) is 4.79 Å². The molecule has 1 saturated heterocycles. The highest BCUT2D eigenvalue weighted by Gasteiger charge is 2.25. The van der Waals surface area contributed by atoms with E-state index in [1.165, 1.54) is 0 Å². The van der Waals surface area contributed by atoms with Gasteiger partial charge in [-0.15, -0.1) is 0 Å². The molecule has 0 saturated carbocycles. The molecule has 1 N–H and O–H groups in total. The number of benzene rings is 1. The molecule has 1 aliphatic rings. The molecule has 9 heteroatoms. The minimum Gasteiger partial charge on any atom is -0.495 e. The smallest absolute Gasteiger partial charge is 0.233 e. The zero-order chi connectivity index (χ0) is 19.3. The van der Waals surface area contributed by atoms with E-state index in [0.717, 1.165) is 14.5 Å². The topological polar surface area (TPSA) is 75.7 Å². The van der Waals surface area contributed by atoms with Gasteiger partial charge in [0.1, 0.15) is 5.75 Å². The molecule has 1 heterocycles. The Morgan fingerprint density at radius 3 is 2.69 bits per heavy atom. The number of hydrogen-bond donors (Lipinski definition) is 1. The van der Waals surface area contributed by atoms with Gasteiger partial charge in [0.2, 0.25) is 15.9 Å². The second-order valence-corrected chi connectivity index (χ2v) is 9.29. The normalized spacial score (nSPS) is 15.7. The number of ether oxygens (including phenoxy) is 1. The van der Waals surface area contributed by atoms with Crippen molar-refractivity contribution in [2.45, 2.75) is 31.7 Å². The van der Waals surface area contributed by atoms with Gasteiger partial charge < -0.3 is 9.64 Å². The maximum atomic E-state index is 12.5. The molecule has 1 fully saturated rings. The summed E-state index contributed by atoms with van der Waals surface area (Å²) in [6.07, 6.45) is 2.20. The number of amides is 1. The van der Waals surface area contributed by atoms with E-state index in [2.05, 4.69) is 33.9 Å². The summed E-state index contributed by atoms with van der Waals surface area (Å²) >= 11 is 8.30. The molecular formula is C17H22ClIN2O4S. The fourth-order valence-corrected chi connectivity index (χ4v) is 4.80. The molecule has 6 nitrogen and oxygen atoms in total. The van der Waals surface area contributed by atoms with Crippen LogP contribution in [-0.4, -0.2) is 45.5 Å². The maximum absolute atomic E-state index is 12.5. The summed E-state index contributed by atoms with van der Waals surface area (Å²) in [7, 11) is -1.87. The van der Waals surface area contributed by atoms with Gasteiger partial charge >= 0.3 is 0 Å². The summed E-state index contributed by atoms with van der Waals surface area (Å²) in [6.45, 7) is 4.38. The van der Waals surface area contributed by atoms with Crippen LogP contribution in [0.15, 0.2) is 24.1 Å². The molecule has 144 valence electrons. The van der Waals surface area contributed by atoms with Gasteiger partial charge in [-0.1, -0.05) is 18.2 Å². The zero-order valence-electron chi connectivity index (χ0n) is 14.5. The third-order valence-electron chi connectivity index (χ3n) is 4.33. The summed E-state index contributed by atoms with van der Waals surface area (Å²) < 4.78 is 31.8. The SMILES string of the molecule is C=CS(=O)(=O)NC1CCN(C(=O)CCc2cc(OC)c(Cl)cc2I)CC1. The lowest BCUT2D eigenvalue weighted by molar-refractivity contribution is -0.132. The first-order valence-corrected chi connectivity index (χ1v) is 11.2. The highest BCUT2D eigenvalue weighted by Crippen LogP contribution is 2.29. The van der Waals surface area contributed by atoms with E-state index in [9.17, 15) is 13.2 Å².